The Bertz CT molecular complexity index is 5950. The Morgan fingerprint density at radius 3 is 1.29 bits per heavy atom. The lowest BCUT2D eigenvalue weighted by atomic mass is 9.87. The molecule has 4 aromatic carbocycles. The number of amides is 5. The van der Waals surface area contributed by atoms with Crippen molar-refractivity contribution in [3.63, 3.8) is 0 Å². The number of aryl methyl sites for hydroxylation is 2. The summed E-state index contributed by atoms with van der Waals surface area (Å²) in [6.07, 6.45) is 29.0. The number of pyridine rings is 3. The summed E-state index contributed by atoms with van der Waals surface area (Å²) in [6, 6.07) is 41.3. The molecule has 27 nitrogen and oxygen atoms in total. The van der Waals surface area contributed by atoms with Crippen molar-refractivity contribution in [1.29, 1.82) is 0 Å². The second kappa shape index (κ2) is 36.2. The first-order valence-electron chi connectivity index (χ1n) is 40.5. The fourth-order valence-corrected chi connectivity index (χ4v) is 19.4. The van der Waals surface area contributed by atoms with Gasteiger partial charge in [-0.25, -0.2) is 16.8 Å². The van der Waals surface area contributed by atoms with Crippen LogP contribution in [0.15, 0.2) is 230 Å². The van der Waals surface area contributed by atoms with Gasteiger partial charge >= 0.3 is 0 Å². The molecule has 0 bridgehead atoms. The Morgan fingerprint density at radius 2 is 0.882 bits per heavy atom. The molecule has 119 heavy (non-hydrogen) atoms. The quantitative estimate of drug-likeness (QED) is 0.0300. The zero-order chi connectivity index (χ0) is 82.9. The number of nitrogens with one attached hydrogen (secondary N) is 12. The number of hydrogen-bond acceptors (Lipinski definition) is 16. The first-order valence-corrected chi connectivity index (χ1v) is 43.6. The van der Waals surface area contributed by atoms with Gasteiger partial charge in [-0.3, -0.25) is 53.7 Å². The van der Waals surface area contributed by atoms with E-state index in [4.69, 9.17) is 0 Å². The van der Waals surface area contributed by atoms with Crippen LogP contribution in [0.1, 0.15) is 165 Å². The van der Waals surface area contributed by atoms with Gasteiger partial charge in [0.25, 0.3) is 22.6 Å². The van der Waals surface area contributed by atoms with Crippen molar-refractivity contribution in [2.45, 2.75) is 179 Å². The molecule has 12 N–H and O–H groups in total. The number of aromatic nitrogens is 9. The topological polar surface area (TPSA) is 410 Å². The van der Waals surface area contributed by atoms with Gasteiger partial charge in [-0.2, -0.15) is 15.3 Å². The molecule has 0 spiro atoms. The summed E-state index contributed by atoms with van der Waals surface area (Å²) < 4.78 is 50.2. The third-order valence-electron chi connectivity index (χ3n) is 23.0. The van der Waals surface area contributed by atoms with Crippen LogP contribution in [0.2, 0.25) is 0 Å². The number of carbonyl (C=O) groups is 5. The summed E-state index contributed by atoms with van der Waals surface area (Å²) in [7, 11) is -6.55. The zero-order valence-corrected chi connectivity index (χ0v) is 67.6. The molecule has 12 heterocycles. The molecule has 6 aliphatic heterocycles. The zero-order valence-electron chi connectivity index (χ0n) is 66.0. The summed E-state index contributed by atoms with van der Waals surface area (Å²) in [5, 5.41) is 37.8. The molecule has 7 atom stereocenters. The number of rotatable bonds is 22. The fraction of sp³-hybridized carbons (Fsp3) is 0.322. The largest absolute Gasteiger partial charge is 0.353 e. The predicted molar refractivity (Wildman–Crippen MR) is 452 cm³/mol. The number of nitrogens with zero attached hydrogens (tertiary/aromatic N) is 3. The minimum Gasteiger partial charge on any atom is -0.353 e. The van der Waals surface area contributed by atoms with Crippen LogP contribution in [-0.2, 0) is 43.6 Å². The number of sulfone groups is 2. The molecule has 29 heteroatoms. The Morgan fingerprint density at radius 1 is 0.445 bits per heavy atom. The van der Waals surface area contributed by atoms with Crippen molar-refractivity contribution in [2.24, 2.45) is 0 Å². The summed E-state index contributed by atoms with van der Waals surface area (Å²) in [4.78, 5) is 107. The van der Waals surface area contributed by atoms with Crippen molar-refractivity contribution in [1.82, 2.24) is 77.4 Å². The number of benzene rings is 4. The van der Waals surface area contributed by atoms with Crippen LogP contribution in [0.5, 0.6) is 0 Å². The maximum Gasteiger partial charge on any atom is 0.256 e. The van der Waals surface area contributed by atoms with Gasteiger partial charge in [0, 0.05) is 132 Å². The average Bonchev–Trinajstić information content (AvgIpc) is 1.74. The highest BCUT2D eigenvalue weighted by atomic mass is 32.2. The van der Waals surface area contributed by atoms with Gasteiger partial charge in [0.2, 0.25) is 23.6 Å². The lowest BCUT2D eigenvalue weighted by Crippen LogP contribution is -2.41. The minimum absolute atomic E-state index is 0.000532. The number of carbonyl (C=O) groups excluding carboxylic acids is 5. The average molecular weight is 1640 g/mol. The van der Waals surface area contributed by atoms with Crippen molar-refractivity contribution < 1.29 is 40.8 Å². The van der Waals surface area contributed by atoms with Gasteiger partial charge < -0.3 is 46.9 Å². The summed E-state index contributed by atoms with van der Waals surface area (Å²) in [6.45, 7) is 5.85. The van der Waals surface area contributed by atoms with Crippen LogP contribution in [0, 0.1) is 13.8 Å². The highest BCUT2D eigenvalue weighted by Crippen LogP contribution is 2.39. The van der Waals surface area contributed by atoms with E-state index < -0.39 is 19.7 Å². The van der Waals surface area contributed by atoms with E-state index in [0.717, 1.165) is 126 Å². The molecule has 4 saturated heterocycles. The number of hydrogen-bond donors (Lipinski definition) is 12. The van der Waals surface area contributed by atoms with Crippen LogP contribution >= 0.6 is 0 Å². The molecule has 3 unspecified atom stereocenters. The Hall–Kier alpha value is -12.5. The van der Waals surface area contributed by atoms with Crippen LogP contribution in [0.25, 0.3) is 44.5 Å². The van der Waals surface area contributed by atoms with Crippen molar-refractivity contribution in [3.05, 3.63) is 288 Å². The van der Waals surface area contributed by atoms with E-state index in [-0.39, 0.29) is 98.8 Å². The van der Waals surface area contributed by atoms with Gasteiger partial charge in [-0.05, 0) is 192 Å². The SMILES string of the molecule is Cc1ccc(/C(=C\[C@H]2CCC(=O)N2)C2CC=C(C3=CCNCC3)C(=O)N2)cc1.Cc1ccc(C(C[C@H]2CCC(=O)N2)c2ccc(-c3cn[nH]c3)c(=O)[nH]2)cc1.O=C1CC[C@H](/C=C(\c2ccc(S(=O)(=O)C3CC3)cc2)c2ccc(-c3cn[nH]c3)c(=O)[nH]2)N1.O=C1CC[C@H](CC(c2ccc(S(=O)(=O)C3CC3)cc2)c2ccc(-c3cn[nH]c3)c(=O)[nH]2)N1. The molecule has 5 amide bonds. The molecule has 0 radical (unpaired) electrons. The monoisotopic (exact) mass is 1640 g/mol. The molecular weight excluding hydrogens is 1550 g/mol. The van der Waals surface area contributed by atoms with Crippen LogP contribution < -0.4 is 48.6 Å². The second-order valence-corrected chi connectivity index (χ2v) is 36.1. The van der Waals surface area contributed by atoms with Gasteiger partial charge in [-0.1, -0.05) is 108 Å². The molecule has 6 fully saturated rings. The fourth-order valence-electron chi connectivity index (χ4n) is 16.1. The highest BCUT2D eigenvalue weighted by molar-refractivity contribution is 7.92. The standard InChI is InChI=1S/C23H24N4O4S.C23H22N4O4S.C23H27N3O2.C21H22N4O2/c2*28-22-10-3-16(26-22)11-20(14-1-4-17(5-2-14)32(30,31)18-6-7-18)21-9-8-19(23(29)27-21)15-12-24-25-13-15;1-15-2-4-16(5-3-15)20(14-18-6-9-22(27)25-18)21-8-7-19(23(28)26-21)17-10-12-24-13-11-17;1-13-2-4-14(5-3-13)18(10-16-6-9-20(26)24-16)19-8-7-17(21(27)25-19)15-11-22-23-12-15/h1-2,4-5,8-9,12-13,16,18,20H,3,6-7,10-11H2,(H,24,25)(H,26,28)(H,27,29);1-2,4-5,8-9,11-13,16,18H,3,6-7,10H2,(H,24,25)(H,26,28)(H,27,29);2-5,7,10,14,18,21,24H,6,8-9,11-13H2,1H3,(H,25,27)(H,26,28);2-5,7-8,11-12,16,18H,6,9-10H2,1H3,(H,22,23)(H,24,26)(H,25,27)/b;20-11+;20-14+;/t16-,20?;16-;18-,21?;16-,18?/m1111/s1. The molecule has 10 aromatic rings. The van der Waals surface area contributed by atoms with Gasteiger partial charge in [0.15, 0.2) is 19.7 Å². The predicted octanol–water partition coefficient (Wildman–Crippen LogP) is 10.2. The smallest absolute Gasteiger partial charge is 0.256 e. The van der Waals surface area contributed by atoms with E-state index in [1.807, 2.05) is 36.4 Å². The van der Waals surface area contributed by atoms with Crippen molar-refractivity contribution in [2.75, 3.05) is 13.1 Å². The third kappa shape index (κ3) is 19.9. The molecule has 18 rings (SSSR count). The van der Waals surface area contributed by atoms with E-state index in [9.17, 15) is 55.2 Å². The molecule has 6 aromatic heterocycles. The molecule has 2 aliphatic carbocycles. The highest BCUT2D eigenvalue weighted by Gasteiger charge is 2.39. The second-order valence-electron chi connectivity index (χ2n) is 31.6. The molecular formula is C90H95N15O12S2. The Kier molecular flexibility index (Phi) is 24.8. The Balaban J connectivity index is 0.000000124. The molecule has 8 aliphatic rings. The van der Waals surface area contributed by atoms with E-state index >= 15 is 0 Å². The first kappa shape index (κ1) is 81.7. The maximum absolute atomic E-state index is 12.8. The van der Waals surface area contributed by atoms with Crippen LogP contribution in [0.3, 0.4) is 0 Å². The maximum atomic E-state index is 12.8. The van der Waals surface area contributed by atoms with E-state index in [2.05, 4.69) is 158 Å². The van der Waals surface area contributed by atoms with Crippen molar-refractivity contribution >= 4 is 60.4 Å². The normalized spacial score (nSPS) is 20.5. The van der Waals surface area contributed by atoms with E-state index in [0.29, 0.717) is 94.7 Å². The van der Waals surface area contributed by atoms with Gasteiger partial charge in [-0.15, -0.1) is 0 Å². The van der Waals surface area contributed by atoms with E-state index in [1.165, 1.54) is 11.1 Å². The van der Waals surface area contributed by atoms with Crippen molar-refractivity contribution in [3.8, 4) is 33.4 Å². The third-order valence-corrected chi connectivity index (χ3v) is 27.6. The van der Waals surface area contributed by atoms with Gasteiger partial charge in [0.05, 0.1) is 61.6 Å². The lowest BCUT2D eigenvalue weighted by molar-refractivity contribution is -0.120. The summed E-state index contributed by atoms with van der Waals surface area (Å²) in [5.41, 5.74) is 15.3. The molecule has 614 valence electrons. The summed E-state index contributed by atoms with van der Waals surface area (Å²) in [5.74, 6) is 0.0347. The minimum atomic E-state index is -3.28. The number of aromatic amines is 6. The Labute approximate surface area is 687 Å². The van der Waals surface area contributed by atoms with E-state index in [1.54, 1.807) is 91.8 Å². The van der Waals surface area contributed by atoms with Gasteiger partial charge in [0.1, 0.15) is 0 Å². The number of H-pyrrole nitrogens is 6. The van der Waals surface area contributed by atoms with Crippen LogP contribution in [-0.4, -0.2) is 146 Å². The first-order chi connectivity index (χ1) is 57.5. The molecule has 2 saturated carbocycles. The summed E-state index contributed by atoms with van der Waals surface area (Å²) >= 11 is 0. The van der Waals surface area contributed by atoms with Crippen LogP contribution in [0.4, 0.5) is 0 Å². The lowest BCUT2D eigenvalue weighted by Gasteiger charge is -2.28.